The Morgan fingerprint density at radius 2 is 2.42 bits per heavy atom. The zero-order chi connectivity index (χ0) is 8.97. The molecule has 0 aromatic carbocycles. The summed E-state index contributed by atoms with van der Waals surface area (Å²) in [5, 5.41) is 8.68. The van der Waals surface area contributed by atoms with Crippen LogP contribution < -0.4 is 5.73 Å². The molecule has 0 aliphatic rings. The topological polar surface area (TPSA) is 59.1 Å². The second-order valence-corrected chi connectivity index (χ2v) is 2.82. The fourth-order valence-corrected chi connectivity index (χ4v) is 1.16. The fourth-order valence-electron chi connectivity index (χ4n) is 1.16. The van der Waals surface area contributed by atoms with E-state index in [4.69, 9.17) is 10.8 Å². The van der Waals surface area contributed by atoms with Crippen molar-refractivity contribution in [1.29, 1.82) is 0 Å². The lowest BCUT2D eigenvalue weighted by molar-refractivity contribution is 0.275. The van der Waals surface area contributed by atoms with Crippen molar-refractivity contribution in [2.24, 2.45) is 5.73 Å². The quantitative estimate of drug-likeness (QED) is 0.697. The number of aliphatic hydroxyl groups excluding tert-OH is 1. The van der Waals surface area contributed by atoms with Crippen LogP contribution in [-0.2, 0) is 0 Å². The van der Waals surface area contributed by atoms with Gasteiger partial charge in [0, 0.05) is 18.8 Å². The van der Waals surface area contributed by atoms with Gasteiger partial charge in [-0.1, -0.05) is 6.07 Å². The predicted molar refractivity (Wildman–Crippen MR) is 47.6 cm³/mol. The van der Waals surface area contributed by atoms with Gasteiger partial charge in [0.05, 0.1) is 5.69 Å². The molecule has 0 saturated heterocycles. The first-order valence-electron chi connectivity index (χ1n) is 4.03. The Hall–Kier alpha value is -0.930. The Balaban J connectivity index is 2.79. The van der Waals surface area contributed by atoms with Crippen LogP contribution >= 0.6 is 0 Å². The summed E-state index contributed by atoms with van der Waals surface area (Å²) in [5.74, 6) is 0. The third-order valence-electron chi connectivity index (χ3n) is 1.84. The van der Waals surface area contributed by atoms with Gasteiger partial charge in [-0.2, -0.15) is 0 Å². The molecule has 3 heteroatoms. The highest BCUT2D eigenvalue weighted by Gasteiger charge is 2.08. The molecular formula is C9H14N2O. The zero-order valence-corrected chi connectivity index (χ0v) is 7.20. The third-order valence-corrected chi connectivity index (χ3v) is 1.84. The van der Waals surface area contributed by atoms with Crippen LogP contribution in [-0.4, -0.2) is 16.7 Å². The summed E-state index contributed by atoms with van der Waals surface area (Å²) in [5.41, 5.74) is 7.75. The summed E-state index contributed by atoms with van der Waals surface area (Å²) >= 11 is 0. The van der Waals surface area contributed by atoms with E-state index < -0.39 is 0 Å². The van der Waals surface area contributed by atoms with Gasteiger partial charge in [0.15, 0.2) is 0 Å². The molecule has 0 bridgehead atoms. The minimum absolute atomic E-state index is 0.108. The maximum Gasteiger partial charge on any atom is 0.0600 e. The minimum atomic E-state index is -0.142. The third kappa shape index (κ3) is 2.03. The van der Waals surface area contributed by atoms with E-state index in [0.717, 1.165) is 11.3 Å². The summed E-state index contributed by atoms with van der Waals surface area (Å²) in [4.78, 5) is 4.16. The van der Waals surface area contributed by atoms with Crippen LogP contribution in [0.4, 0.5) is 0 Å². The lowest BCUT2D eigenvalue weighted by Crippen LogP contribution is -2.14. The number of pyridine rings is 1. The molecule has 0 radical (unpaired) electrons. The highest BCUT2D eigenvalue weighted by Crippen LogP contribution is 2.14. The van der Waals surface area contributed by atoms with E-state index in [0.29, 0.717) is 6.42 Å². The smallest absolute Gasteiger partial charge is 0.0600 e. The molecule has 1 aromatic heterocycles. The number of nitrogens with zero attached hydrogens (tertiary/aromatic N) is 1. The number of hydrogen-bond donors (Lipinski definition) is 2. The Morgan fingerprint density at radius 3 is 3.00 bits per heavy atom. The number of rotatable bonds is 3. The van der Waals surface area contributed by atoms with Gasteiger partial charge in [0.25, 0.3) is 0 Å². The van der Waals surface area contributed by atoms with Crippen LogP contribution in [0.2, 0.25) is 0 Å². The SMILES string of the molecule is Cc1cccnc1[C@H](N)CCO. The van der Waals surface area contributed by atoms with Gasteiger partial charge in [-0.15, -0.1) is 0 Å². The van der Waals surface area contributed by atoms with E-state index in [2.05, 4.69) is 4.98 Å². The Morgan fingerprint density at radius 1 is 1.67 bits per heavy atom. The van der Waals surface area contributed by atoms with Crippen LogP contribution in [0.5, 0.6) is 0 Å². The molecule has 0 unspecified atom stereocenters. The van der Waals surface area contributed by atoms with Crippen molar-refractivity contribution in [1.82, 2.24) is 4.98 Å². The monoisotopic (exact) mass is 166 g/mol. The van der Waals surface area contributed by atoms with Gasteiger partial charge in [0.2, 0.25) is 0 Å². The summed E-state index contributed by atoms with van der Waals surface area (Å²) in [6, 6.07) is 3.71. The first-order valence-corrected chi connectivity index (χ1v) is 4.03. The summed E-state index contributed by atoms with van der Waals surface area (Å²) in [6.07, 6.45) is 2.29. The van der Waals surface area contributed by atoms with Crippen molar-refractivity contribution < 1.29 is 5.11 Å². The fraction of sp³-hybridized carbons (Fsp3) is 0.444. The molecule has 0 spiro atoms. The van der Waals surface area contributed by atoms with Crippen molar-refractivity contribution in [2.45, 2.75) is 19.4 Å². The largest absolute Gasteiger partial charge is 0.396 e. The normalized spacial score (nSPS) is 12.9. The maximum absolute atomic E-state index is 8.68. The summed E-state index contributed by atoms with van der Waals surface area (Å²) in [6.45, 7) is 2.08. The molecule has 0 aliphatic heterocycles. The lowest BCUT2D eigenvalue weighted by Gasteiger charge is -2.11. The molecule has 0 amide bonds. The molecule has 1 rings (SSSR count). The average molecular weight is 166 g/mol. The summed E-state index contributed by atoms with van der Waals surface area (Å²) in [7, 11) is 0. The van der Waals surface area contributed by atoms with Crippen LogP contribution in [0, 0.1) is 6.92 Å². The van der Waals surface area contributed by atoms with E-state index in [1.165, 1.54) is 0 Å². The molecular weight excluding hydrogens is 152 g/mol. The second-order valence-electron chi connectivity index (χ2n) is 2.82. The zero-order valence-electron chi connectivity index (χ0n) is 7.20. The van der Waals surface area contributed by atoms with Crippen molar-refractivity contribution >= 4 is 0 Å². The molecule has 1 atom stereocenters. The van der Waals surface area contributed by atoms with Gasteiger partial charge in [-0.3, -0.25) is 4.98 Å². The van der Waals surface area contributed by atoms with Gasteiger partial charge in [0.1, 0.15) is 0 Å². The molecule has 1 aromatic rings. The van der Waals surface area contributed by atoms with E-state index in [-0.39, 0.29) is 12.6 Å². The van der Waals surface area contributed by atoms with Crippen molar-refractivity contribution in [3.8, 4) is 0 Å². The minimum Gasteiger partial charge on any atom is -0.396 e. The Labute approximate surface area is 72.2 Å². The molecule has 1 heterocycles. The molecule has 12 heavy (non-hydrogen) atoms. The Bertz CT molecular complexity index is 250. The molecule has 0 aliphatic carbocycles. The molecule has 0 fully saturated rings. The second kappa shape index (κ2) is 4.18. The predicted octanol–water partition coefficient (Wildman–Crippen LogP) is 0.772. The highest BCUT2D eigenvalue weighted by atomic mass is 16.3. The van der Waals surface area contributed by atoms with Gasteiger partial charge in [-0.05, 0) is 25.0 Å². The lowest BCUT2D eigenvalue weighted by atomic mass is 10.1. The van der Waals surface area contributed by atoms with Gasteiger partial charge >= 0.3 is 0 Å². The highest BCUT2D eigenvalue weighted by molar-refractivity contribution is 5.20. The molecule has 66 valence electrons. The van der Waals surface area contributed by atoms with E-state index >= 15 is 0 Å². The standard InChI is InChI=1S/C9H14N2O/c1-7-3-2-5-11-9(7)8(10)4-6-12/h2-3,5,8,12H,4,6,10H2,1H3/t8-/m1/s1. The molecule has 3 nitrogen and oxygen atoms in total. The van der Waals surface area contributed by atoms with Crippen molar-refractivity contribution in [2.75, 3.05) is 6.61 Å². The average Bonchev–Trinajstić information content (AvgIpc) is 2.05. The first kappa shape index (κ1) is 9.16. The van der Waals surface area contributed by atoms with Crippen LogP contribution in [0.3, 0.4) is 0 Å². The number of aryl methyl sites for hydroxylation is 1. The van der Waals surface area contributed by atoms with E-state index in [9.17, 15) is 0 Å². The van der Waals surface area contributed by atoms with E-state index in [1.54, 1.807) is 6.20 Å². The number of nitrogens with two attached hydrogens (primary N) is 1. The molecule has 3 N–H and O–H groups in total. The number of aromatic nitrogens is 1. The first-order chi connectivity index (χ1) is 5.75. The van der Waals surface area contributed by atoms with Crippen molar-refractivity contribution in [3.05, 3.63) is 29.6 Å². The Kier molecular flexibility index (Phi) is 3.19. The number of hydrogen-bond acceptors (Lipinski definition) is 3. The van der Waals surface area contributed by atoms with Gasteiger partial charge < -0.3 is 10.8 Å². The number of aliphatic hydroxyl groups is 1. The summed E-state index contributed by atoms with van der Waals surface area (Å²) < 4.78 is 0. The van der Waals surface area contributed by atoms with Gasteiger partial charge in [-0.25, -0.2) is 0 Å². The maximum atomic E-state index is 8.68. The van der Waals surface area contributed by atoms with Crippen LogP contribution in [0.15, 0.2) is 18.3 Å². The van der Waals surface area contributed by atoms with Crippen LogP contribution in [0.1, 0.15) is 23.7 Å². The molecule has 0 saturated carbocycles. The van der Waals surface area contributed by atoms with Crippen molar-refractivity contribution in [3.63, 3.8) is 0 Å². The van der Waals surface area contributed by atoms with Crippen LogP contribution in [0.25, 0.3) is 0 Å². The van der Waals surface area contributed by atoms with E-state index in [1.807, 2.05) is 19.1 Å².